The molecular formula is C19H18N4O4S. The van der Waals surface area contributed by atoms with Crippen molar-refractivity contribution < 1.29 is 18.0 Å². The van der Waals surface area contributed by atoms with Gasteiger partial charge in [0.05, 0.1) is 4.90 Å². The molecule has 8 nitrogen and oxygen atoms in total. The number of carbonyl (C=O) groups is 2. The van der Waals surface area contributed by atoms with Crippen LogP contribution in [0.2, 0.25) is 0 Å². The van der Waals surface area contributed by atoms with E-state index in [0.717, 1.165) is 5.56 Å². The summed E-state index contributed by atoms with van der Waals surface area (Å²) in [6.45, 7) is 1.85. The molecular weight excluding hydrogens is 380 g/mol. The van der Waals surface area contributed by atoms with Gasteiger partial charge in [0.2, 0.25) is 0 Å². The van der Waals surface area contributed by atoms with Gasteiger partial charge in [-0.25, -0.2) is 8.42 Å². The van der Waals surface area contributed by atoms with Gasteiger partial charge in [0, 0.05) is 17.4 Å². The van der Waals surface area contributed by atoms with E-state index in [0.29, 0.717) is 5.69 Å². The monoisotopic (exact) mass is 398 g/mol. The second-order valence-corrected chi connectivity index (χ2v) is 7.68. The Morgan fingerprint density at radius 2 is 1.64 bits per heavy atom. The van der Waals surface area contributed by atoms with Gasteiger partial charge in [-0.1, -0.05) is 18.2 Å². The summed E-state index contributed by atoms with van der Waals surface area (Å²) in [6, 6.07) is 15.6. The maximum Gasteiger partial charge on any atom is 0.286 e. The summed E-state index contributed by atoms with van der Waals surface area (Å²) >= 11 is 0. The standard InChI is InChI=1S/C19H18N4O4S/c1-13-5-2-7-15(11-13)23-28(26,27)16-8-3-6-14(12-16)18(24)21-22-19(25)17-9-4-10-20-17/h2-12,20,23H,1H3,(H,21,24)(H,22,25). The van der Waals surface area contributed by atoms with Crippen molar-refractivity contribution in [2.75, 3.05) is 4.72 Å². The summed E-state index contributed by atoms with van der Waals surface area (Å²) < 4.78 is 27.7. The molecule has 0 radical (unpaired) electrons. The molecule has 0 fully saturated rings. The third-order valence-corrected chi connectivity index (χ3v) is 5.19. The average molecular weight is 398 g/mol. The lowest BCUT2D eigenvalue weighted by molar-refractivity contribution is 0.0844. The Kier molecular flexibility index (Phi) is 5.46. The van der Waals surface area contributed by atoms with Crippen LogP contribution in [0.1, 0.15) is 26.4 Å². The van der Waals surface area contributed by atoms with Gasteiger partial charge in [-0.05, 0) is 55.0 Å². The van der Waals surface area contributed by atoms with Crippen molar-refractivity contribution in [1.29, 1.82) is 0 Å². The molecule has 0 aliphatic carbocycles. The molecule has 0 atom stereocenters. The SMILES string of the molecule is Cc1cccc(NS(=O)(=O)c2cccc(C(=O)NNC(=O)c3ccc[nH]3)c2)c1. The molecule has 2 aromatic carbocycles. The molecule has 0 saturated heterocycles. The highest BCUT2D eigenvalue weighted by Gasteiger charge is 2.17. The molecule has 0 bridgehead atoms. The Hall–Kier alpha value is -3.59. The Morgan fingerprint density at radius 1 is 0.893 bits per heavy atom. The highest BCUT2D eigenvalue weighted by Crippen LogP contribution is 2.18. The summed E-state index contributed by atoms with van der Waals surface area (Å²) in [6.07, 6.45) is 1.58. The summed E-state index contributed by atoms with van der Waals surface area (Å²) in [5, 5.41) is 0. The topological polar surface area (TPSA) is 120 Å². The van der Waals surface area contributed by atoms with Gasteiger partial charge in [0.15, 0.2) is 0 Å². The highest BCUT2D eigenvalue weighted by atomic mass is 32.2. The number of carbonyl (C=O) groups excluding carboxylic acids is 2. The van der Waals surface area contributed by atoms with Crippen LogP contribution in [-0.2, 0) is 10.0 Å². The molecule has 0 unspecified atom stereocenters. The van der Waals surface area contributed by atoms with Crippen LogP contribution in [0.15, 0.2) is 71.8 Å². The Bertz CT molecular complexity index is 1110. The number of hydrazine groups is 1. The van der Waals surface area contributed by atoms with Gasteiger partial charge >= 0.3 is 0 Å². The van der Waals surface area contributed by atoms with Crippen molar-refractivity contribution in [1.82, 2.24) is 15.8 Å². The summed E-state index contributed by atoms with van der Waals surface area (Å²) in [4.78, 5) is 26.7. The van der Waals surface area contributed by atoms with Crippen LogP contribution < -0.4 is 15.6 Å². The molecule has 28 heavy (non-hydrogen) atoms. The van der Waals surface area contributed by atoms with Crippen LogP contribution in [-0.4, -0.2) is 25.2 Å². The van der Waals surface area contributed by atoms with E-state index in [2.05, 4.69) is 20.6 Å². The molecule has 0 aliphatic heterocycles. The second-order valence-electron chi connectivity index (χ2n) is 5.99. The molecule has 1 aromatic heterocycles. The normalized spacial score (nSPS) is 10.9. The van der Waals surface area contributed by atoms with Crippen LogP contribution in [0.3, 0.4) is 0 Å². The predicted molar refractivity (Wildman–Crippen MR) is 104 cm³/mol. The number of rotatable bonds is 5. The summed E-state index contributed by atoms with van der Waals surface area (Å²) in [5.74, 6) is -1.17. The molecule has 3 rings (SSSR count). The molecule has 1 heterocycles. The van der Waals surface area contributed by atoms with Gasteiger partial charge in [0.1, 0.15) is 5.69 Å². The third kappa shape index (κ3) is 4.57. The zero-order chi connectivity index (χ0) is 20.1. The minimum absolute atomic E-state index is 0.0719. The number of hydrogen-bond donors (Lipinski definition) is 4. The molecule has 3 aromatic rings. The van der Waals surface area contributed by atoms with E-state index < -0.39 is 21.8 Å². The molecule has 9 heteroatoms. The van der Waals surface area contributed by atoms with Gasteiger partial charge in [0.25, 0.3) is 21.8 Å². The highest BCUT2D eigenvalue weighted by molar-refractivity contribution is 7.92. The fourth-order valence-electron chi connectivity index (χ4n) is 2.45. The maximum atomic E-state index is 12.6. The number of nitrogens with one attached hydrogen (secondary N) is 4. The number of hydrogen-bond acceptors (Lipinski definition) is 4. The number of anilines is 1. The lowest BCUT2D eigenvalue weighted by Gasteiger charge is -2.10. The van der Waals surface area contributed by atoms with Crippen LogP contribution in [0.5, 0.6) is 0 Å². The van der Waals surface area contributed by atoms with Crippen LogP contribution >= 0.6 is 0 Å². The smallest absolute Gasteiger partial charge is 0.286 e. The van der Waals surface area contributed by atoms with Crippen molar-refractivity contribution in [2.45, 2.75) is 11.8 Å². The zero-order valence-corrected chi connectivity index (χ0v) is 15.7. The summed E-state index contributed by atoms with van der Waals surface area (Å²) in [5.41, 5.74) is 6.19. The van der Waals surface area contributed by atoms with Crippen molar-refractivity contribution in [3.05, 3.63) is 83.7 Å². The minimum atomic E-state index is -3.88. The minimum Gasteiger partial charge on any atom is -0.357 e. The van der Waals surface area contributed by atoms with Gasteiger partial charge in [-0.2, -0.15) is 0 Å². The Labute approximate surface area is 162 Å². The molecule has 2 amide bonds. The first kappa shape index (κ1) is 19.2. The molecule has 144 valence electrons. The van der Waals surface area contributed by atoms with E-state index in [-0.39, 0.29) is 16.2 Å². The van der Waals surface area contributed by atoms with Gasteiger partial charge in [-0.15, -0.1) is 0 Å². The lowest BCUT2D eigenvalue weighted by atomic mass is 10.2. The van der Waals surface area contributed by atoms with E-state index in [1.807, 2.05) is 13.0 Å². The van der Waals surface area contributed by atoms with E-state index >= 15 is 0 Å². The van der Waals surface area contributed by atoms with E-state index in [1.165, 1.54) is 24.3 Å². The fourth-order valence-corrected chi connectivity index (χ4v) is 3.55. The largest absolute Gasteiger partial charge is 0.357 e. The fraction of sp³-hybridized carbons (Fsp3) is 0.0526. The number of sulfonamides is 1. The number of H-pyrrole nitrogens is 1. The molecule has 0 aliphatic rings. The average Bonchev–Trinajstić information content (AvgIpc) is 3.20. The number of aromatic amines is 1. The van der Waals surface area contributed by atoms with Crippen LogP contribution in [0.4, 0.5) is 5.69 Å². The van der Waals surface area contributed by atoms with E-state index in [1.54, 1.807) is 36.5 Å². The van der Waals surface area contributed by atoms with Gasteiger partial charge in [-0.3, -0.25) is 25.2 Å². The van der Waals surface area contributed by atoms with Gasteiger partial charge < -0.3 is 4.98 Å². The maximum absolute atomic E-state index is 12.6. The molecule has 0 spiro atoms. The summed E-state index contributed by atoms with van der Waals surface area (Å²) in [7, 11) is -3.88. The van der Waals surface area contributed by atoms with Crippen molar-refractivity contribution >= 4 is 27.5 Å². The Balaban J connectivity index is 1.72. The first-order chi connectivity index (χ1) is 13.3. The van der Waals surface area contributed by atoms with Crippen molar-refractivity contribution in [2.24, 2.45) is 0 Å². The predicted octanol–water partition coefficient (Wildman–Crippen LogP) is 2.20. The van der Waals surface area contributed by atoms with Crippen molar-refractivity contribution in [3.63, 3.8) is 0 Å². The molecule has 4 N–H and O–H groups in total. The molecule has 0 saturated carbocycles. The van der Waals surface area contributed by atoms with Crippen LogP contribution in [0.25, 0.3) is 0 Å². The van der Waals surface area contributed by atoms with E-state index in [9.17, 15) is 18.0 Å². The number of benzene rings is 2. The first-order valence-electron chi connectivity index (χ1n) is 8.29. The Morgan fingerprint density at radius 3 is 2.36 bits per heavy atom. The van der Waals surface area contributed by atoms with Crippen molar-refractivity contribution in [3.8, 4) is 0 Å². The first-order valence-corrected chi connectivity index (χ1v) is 9.77. The lowest BCUT2D eigenvalue weighted by Crippen LogP contribution is -2.41. The zero-order valence-electron chi connectivity index (χ0n) is 14.9. The number of aromatic nitrogens is 1. The third-order valence-electron chi connectivity index (χ3n) is 3.81. The van der Waals surface area contributed by atoms with Crippen LogP contribution in [0, 0.1) is 6.92 Å². The second kappa shape index (κ2) is 7.97. The number of amides is 2. The number of aryl methyl sites for hydroxylation is 1. The van der Waals surface area contributed by atoms with E-state index in [4.69, 9.17) is 0 Å². The quantitative estimate of drug-likeness (QED) is 0.493.